The van der Waals surface area contributed by atoms with E-state index in [2.05, 4.69) is 46.0 Å². The number of nitrogens with zero attached hydrogens (tertiary/aromatic N) is 4. The van der Waals surface area contributed by atoms with Gasteiger partial charge in [-0.1, -0.05) is 13.8 Å². The summed E-state index contributed by atoms with van der Waals surface area (Å²) >= 11 is 0. The van der Waals surface area contributed by atoms with E-state index in [1.165, 1.54) is 12.8 Å². The minimum absolute atomic E-state index is 0.177. The first-order chi connectivity index (χ1) is 11.3. The third-order valence-corrected chi connectivity index (χ3v) is 5.67. The lowest BCUT2D eigenvalue weighted by atomic mass is 9.63. The van der Waals surface area contributed by atoms with Crippen LogP contribution in [0.15, 0.2) is 6.07 Å². The molecule has 1 aromatic rings. The van der Waals surface area contributed by atoms with Gasteiger partial charge in [0.15, 0.2) is 0 Å². The van der Waals surface area contributed by atoms with Crippen molar-refractivity contribution in [3.8, 4) is 0 Å². The number of piperidine rings is 2. The first kappa shape index (κ1) is 15.9. The maximum Gasteiger partial charge on any atom is 0.223 e. The van der Waals surface area contributed by atoms with Gasteiger partial charge in [0.25, 0.3) is 0 Å². The number of anilines is 3. The Morgan fingerprint density at radius 1 is 1.17 bits per heavy atom. The van der Waals surface area contributed by atoms with Crippen molar-refractivity contribution >= 4 is 17.6 Å². The van der Waals surface area contributed by atoms with Crippen molar-refractivity contribution in [2.45, 2.75) is 38.8 Å². The number of aliphatic hydroxyl groups is 1. The standard InChI is InChI=1S/C17H28N6O/c1-16-7-22(3)8-17(2,14(16)24)10-23(9-16)13-6-12(19-11-4-5-11)20-15(18)21-13/h6,11,14,24H,4-5,7-10H2,1-3H3,(H3,18,19,20,21). The van der Waals surface area contributed by atoms with Gasteiger partial charge in [0, 0.05) is 49.1 Å². The summed E-state index contributed by atoms with van der Waals surface area (Å²) in [4.78, 5) is 13.4. The number of rotatable bonds is 3. The van der Waals surface area contributed by atoms with Gasteiger partial charge in [-0.15, -0.1) is 0 Å². The summed E-state index contributed by atoms with van der Waals surface area (Å²) < 4.78 is 0. The van der Waals surface area contributed by atoms with Crippen molar-refractivity contribution in [1.82, 2.24) is 14.9 Å². The molecule has 0 radical (unpaired) electrons. The number of aliphatic hydroxyl groups excluding tert-OH is 1. The van der Waals surface area contributed by atoms with Crippen molar-refractivity contribution in [1.29, 1.82) is 0 Å². The summed E-state index contributed by atoms with van der Waals surface area (Å²) in [6.45, 7) is 7.65. The number of fused-ring (bicyclic) bond motifs is 2. The maximum atomic E-state index is 10.9. The highest BCUT2D eigenvalue weighted by Crippen LogP contribution is 2.46. The molecule has 3 aliphatic rings. The van der Waals surface area contributed by atoms with Crippen LogP contribution < -0.4 is 16.0 Å². The van der Waals surface area contributed by atoms with E-state index >= 15 is 0 Å². The predicted octanol–water partition coefficient (Wildman–Crippen LogP) is 0.772. The van der Waals surface area contributed by atoms with Gasteiger partial charge in [-0.2, -0.15) is 9.97 Å². The average molecular weight is 332 g/mol. The van der Waals surface area contributed by atoms with Crippen molar-refractivity contribution in [3.05, 3.63) is 6.07 Å². The minimum Gasteiger partial charge on any atom is -0.392 e. The van der Waals surface area contributed by atoms with E-state index in [9.17, 15) is 5.11 Å². The van der Waals surface area contributed by atoms with Crippen molar-refractivity contribution in [3.63, 3.8) is 0 Å². The average Bonchev–Trinajstić information content (AvgIpc) is 3.25. The lowest BCUT2D eigenvalue weighted by molar-refractivity contribution is -0.127. The first-order valence-corrected chi connectivity index (χ1v) is 8.80. The van der Waals surface area contributed by atoms with Crippen molar-refractivity contribution in [2.75, 3.05) is 49.2 Å². The number of aromatic nitrogens is 2. The molecule has 3 fully saturated rings. The summed E-state index contributed by atoms with van der Waals surface area (Å²) in [5.41, 5.74) is 5.59. The zero-order chi connectivity index (χ0) is 17.1. The SMILES string of the molecule is CN1CC2(C)CN(c3cc(NC4CC4)nc(N)n3)CC(C)(C1)C2O. The molecule has 2 unspecified atom stereocenters. The topological polar surface area (TPSA) is 90.5 Å². The summed E-state index contributed by atoms with van der Waals surface area (Å²) in [6.07, 6.45) is 2.08. The molecule has 1 aliphatic carbocycles. The Hall–Kier alpha value is -1.60. The highest BCUT2D eigenvalue weighted by molar-refractivity contribution is 5.54. The molecule has 2 atom stereocenters. The van der Waals surface area contributed by atoms with Gasteiger partial charge in [0.2, 0.25) is 5.95 Å². The lowest BCUT2D eigenvalue weighted by Gasteiger charge is -2.59. The molecule has 1 saturated carbocycles. The van der Waals surface area contributed by atoms with Gasteiger partial charge >= 0.3 is 0 Å². The van der Waals surface area contributed by atoms with Crippen LogP contribution in [0.2, 0.25) is 0 Å². The zero-order valence-corrected chi connectivity index (χ0v) is 14.8. The summed E-state index contributed by atoms with van der Waals surface area (Å²) in [7, 11) is 2.14. The monoisotopic (exact) mass is 332 g/mol. The van der Waals surface area contributed by atoms with Gasteiger partial charge in [-0.3, -0.25) is 0 Å². The van der Waals surface area contributed by atoms with Crippen LogP contribution >= 0.6 is 0 Å². The molecule has 7 nitrogen and oxygen atoms in total. The van der Waals surface area contributed by atoms with Gasteiger partial charge in [0.1, 0.15) is 11.6 Å². The van der Waals surface area contributed by atoms with Crippen LogP contribution in [0.4, 0.5) is 17.6 Å². The number of nitrogen functional groups attached to an aromatic ring is 1. The molecule has 0 aromatic carbocycles. The molecule has 2 aliphatic heterocycles. The maximum absolute atomic E-state index is 10.9. The van der Waals surface area contributed by atoms with Gasteiger partial charge in [0.05, 0.1) is 6.10 Å². The molecule has 3 heterocycles. The predicted molar refractivity (Wildman–Crippen MR) is 95.0 cm³/mol. The van der Waals surface area contributed by atoms with Gasteiger partial charge in [-0.05, 0) is 19.9 Å². The number of likely N-dealkylation sites (tertiary alicyclic amines) is 1. The van der Waals surface area contributed by atoms with Crippen LogP contribution in [0, 0.1) is 10.8 Å². The fraction of sp³-hybridized carbons (Fsp3) is 0.765. The van der Waals surface area contributed by atoms with Crippen LogP contribution in [-0.4, -0.2) is 65.3 Å². The fourth-order valence-electron chi connectivity index (χ4n) is 4.79. The third kappa shape index (κ3) is 2.69. The first-order valence-electron chi connectivity index (χ1n) is 8.80. The molecule has 2 saturated heterocycles. The highest BCUT2D eigenvalue weighted by atomic mass is 16.3. The zero-order valence-electron chi connectivity index (χ0n) is 14.8. The summed E-state index contributed by atoms with van der Waals surface area (Å²) in [6, 6.07) is 2.52. The van der Waals surface area contributed by atoms with Crippen LogP contribution in [0.3, 0.4) is 0 Å². The second kappa shape index (κ2) is 5.20. The normalized spacial score (nSPS) is 36.7. The second-order valence-electron chi connectivity index (χ2n) is 8.63. The van der Waals surface area contributed by atoms with Crippen LogP contribution in [0.5, 0.6) is 0 Å². The molecule has 4 rings (SSSR count). The minimum atomic E-state index is -0.305. The lowest BCUT2D eigenvalue weighted by Crippen LogP contribution is -2.69. The van der Waals surface area contributed by atoms with E-state index in [-0.39, 0.29) is 16.9 Å². The molecule has 7 heteroatoms. The molecule has 24 heavy (non-hydrogen) atoms. The Labute approximate surface area is 143 Å². The molecule has 4 N–H and O–H groups in total. The number of nitrogens with two attached hydrogens (primary N) is 1. The molecule has 2 bridgehead atoms. The van der Waals surface area contributed by atoms with E-state index in [0.29, 0.717) is 12.0 Å². The van der Waals surface area contributed by atoms with Crippen LogP contribution in [0.25, 0.3) is 0 Å². The molecule has 132 valence electrons. The van der Waals surface area contributed by atoms with Crippen molar-refractivity contribution in [2.24, 2.45) is 10.8 Å². The number of hydrogen-bond acceptors (Lipinski definition) is 7. The van der Waals surface area contributed by atoms with E-state index in [4.69, 9.17) is 5.73 Å². The smallest absolute Gasteiger partial charge is 0.223 e. The summed E-state index contributed by atoms with van der Waals surface area (Å²) in [5.74, 6) is 1.97. The Bertz CT molecular complexity index is 628. The number of nitrogens with one attached hydrogen (secondary N) is 1. The molecule has 0 amide bonds. The number of hydrogen-bond donors (Lipinski definition) is 3. The molecule has 1 aromatic heterocycles. The summed E-state index contributed by atoms with van der Waals surface area (Å²) in [5, 5.41) is 14.3. The Morgan fingerprint density at radius 2 is 1.79 bits per heavy atom. The fourth-order valence-corrected chi connectivity index (χ4v) is 4.79. The Kier molecular flexibility index (Phi) is 3.44. The highest BCUT2D eigenvalue weighted by Gasteiger charge is 2.55. The van der Waals surface area contributed by atoms with Crippen LogP contribution in [0.1, 0.15) is 26.7 Å². The van der Waals surface area contributed by atoms with E-state index in [1.54, 1.807) is 0 Å². The Balaban J connectivity index is 1.64. The molecular weight excluding hydrogens is 304 g/mol. The molecule has 0 spiro atoms. The van der Waals surface area contributed by atoms with Gasteiger partial charge in [-0.25, -0.2) is 0 Å². The largest absolute Gasteiger partial charge is 0.392 e. The Morgan fingerprint density at radius 3 is 2.38 bits per heavy atom. The third-order valence-electron chi connectivity index (χ3n) is 5.67. The van der Waals surface area contributed by atoms with E-state index in [0.717, 1.165) is 37.8 Å². The van der Waals surface area contributed by atoms with Crippen molar-refractivity contribution < 1.29 is 5.11 Å². The van der Waals surface area contributed by atoms with E-state index in [1.807, 2.05) is 6.07 Å². The van der Waals surface area contributed by atoms with Gasteiger partial charge < -0.3 is 26.0 Å². The van der Waals surface area contributed by atoms with Crippen LogP contribution in [-0.2, 0) is 0 Å². The second-order valence-corrected chi connectivity index (χ2v) is 8.63. The quantitative estimate of drug-likeness (QED) is 0.753. The van der Waals surface area contributed by atoms with E-state index < -0.39 is 0 Å². The molecular formula is C17H28N6O.